The molecule has 0 N–H and O–H groups in total. The molecule has 0 fully saturated rings. The number of fused-ring (bicyclic) bond motifs is 3. The van der Waals surface area contributed by atoms with Crippen molar-refractivity contribution in [2.24, 2.45) is 14.1 Å². The molecule has 3 rings (SSSR count). The van der Waals surface area contributed by atoms with Crippen molar-refractivity contribution in [2.45, 2.75) is 27.3 Å². The van der Waals surface area contributed by atoms with Crippen molar-refractivity contribution in [3.63, 3.8) is 0 Å². The summed E-state index contributed by atoms with van der Waals surface area (Å²) in [5.74, 6) is 0.658. The Labute approximate surface area is 126 Å². The van der Waals surface area contributed by atoms with Crippen molar-refractivity contribution < 1.29 is 0 Å². The Balaban J connectivity index is 2.61. The molecule has 0 unspecified atom stereocenters. The lowest BCUT2D eigenvalue weighted by atomic mass is 10.3. The lowest BCUT2D eigenvalue weighted by Gasteiger charge is -2.08. The first-order chi connectivity index (χ1) is 10.3. The standard InChI is InChI=1S/C15H19N5O2/c1-8(2)7-19-13(21)11-12(18(6)15(19)22)16-14-17(5)9(3)10(4)20(11)14/h1,7H2,2-6H3. The Morgan fingerprint density at radius 2 is 1.77 bits per heavy atom. The van der Waals surface area contributed by atoms with Crippen molar-refractivity contribution in [3.8, 4) is 0 Å². The second kappa shape index (κ2) is 4.46. The van der Waals surface area contributed by atoms with Gasteiger partial charge in [-0.1, -0.05) is 12.2 Å². The second-order valence-corrected chi connectivity index (χ2v) is 5.84. The maximum absolute atomic E-state index is 12.8. The van der Waals surface area contributed by atoms with Crippen LogP contribution in [0.25, 0.3) is 16.9 Å². The SMILES string of the molecule is C=C(C)Cn1c(=O)c2c(nc3n(C)c(C)c(C)n23)n(C)c1=O. The monoisotopic (exact) mass is 301 g/mol. The summed E-state index contributed by atoms with van der Waals surface area (Å²) in [6.45, 7) is 9.71. The first-order valence-electron chi connectivity index (χ1n) is 7.04. The lowest BCUT2D eigenvalue weighted by molar-refractivity contribution is 0.651. The number of hydrogen-bond donors (Lipinski definition) is 0. The van der Waals surface area contributed by atoms with Crippen LogP contribution in [0.5, 0.6) is 0 Å². The highest BCUT2D eigenvalue weighted by Gasteiger charge is 2.21. The molecule has 22 heavy (non-hydrogen) atoms. The zero-order chi connectivity index (χ0) is 16.3. The van der Waals surface area contributed by atoms with Gasteiger partial charge in [-0.2, -0.15) is 4.98 Å². The molecule has 0 radical (unpaired) electrons. The molecule has 0 amide bonds. The van der Waals surface area contributed by atoms with Gasteiger partial charge in [0.15, 0.2) is 11.2 Å². The number of allylic oxidation sites excluding steroid dienone is 1. The molecule has 0 bridgehead atoms. The molecule has 3 aromatic rings. The molecule has 0 saturated heterocycles. The van der Waals surface area contributed by atoms with Gasteiger partial charge in [0.05, 0.1) is 6.54 Å². The van der Waals surface area contributed by atoms with E-state index in [-0.39, 0.29) is 17.8 Å². The summed E-state index contributed by atoms with van der Waals surface area (Å²) in [4.78, 5) is 29.7. The summed E-state index contributed by atoms with van der Waals surface area (Å²) >= 11 is 0. The molecule has 0 aliphatic rings. The first-order valence-corrected chi connectivity index (χ1v) is 7.04. The Kier molecular flexibility index (Phi) is 2.91. The van der Waals surface area contributed by atoms with Crippen LogP contribution >= 0.6 is 0 Å². The fraction of sp³-hybridized carbons (Fsp3) is 0.400. The lowest BCUT2D eigenvalue weighted by Crippen LogP contribution is -2.39. The van der Waals surface area contributed by atoms with E-state index in [1.54, 1.807) is 14.0 Å². The zero-order valence-corrected chi connectivity index (χ0v) is 13.5. The predicted octanol–water partition coefficient (Wildman–Crippen LogP) is 0.879. The average Bonchev–Trinajstić information content (AvgIpc) is 2.95. The fourth-order valence-corrected chi connectivity index (χ4v) is 2.82. The van der Waals surface area contributed by atoms with Crippen LogP contribution in [0.15, 0.2) is 21.7 Å². The van der Waals surface area contributed by atoms with Crippen LogP contribution in [-0.2, 0) is 20.6 Å². The Morgan fingerprint density at radius 1 is 1.14 bits per heavy atom. The minimum atomic E-state index is -0.377. The highest BCUT2D eigenvalue weighted by atomic mass is 16.2. The van der Waals surface area contributed by atoms with Gasteiger partial charge in [0, 0.05) is 25.5 Å². The summed E-state index contributed by atoms with van der Waals surface area (Å²) in [7, 11) is 3.53. The van der Waals surface area contributed by atoms with E-state index in [2.05, 4.69) is 11.6 Å². The number of aromatic nitrogens is 5. The molecule has 116 valence electrons. The van der Waals surface area contributed by atoms with Crippen LogP contribution in [0.3, 0.4) is 0 Å². The third kappa shape index (κ3) is 1.65. The van der Waals surface area contributed by atoms with Gasteiger partial charge in [0.2, 0.25) is 5.78 Å². The van der Waals surface area contributed by atoms with Gasteiger partial charge >= 0.3 is 5.69 Å². The summed E-state index contributed by atoms with van der Waals surface area (Å²) in [5.41, 5.74) is 2.85. The molecule has 7 nitrogen and oxygen atoms in total. The van der Waals surface area contributed by atoms with Gasteiger partial charge in [-0.15, -0.1) is 0 Å². The summed E-state index contributed by atoms with van der Waals surface area (Å²) in [5, 5.41) is 0. The van der Waals surface area contributed by atoms with Crippen LogP contribution in [0, 0.1) is 13.8 Å². The fourth-order valence-electron chi connectivity index (χ4n) is 2.82. The van der Waals surface area contributed by atoms with Crippen LogP contribution in [0.1, 0.15) is 18.3 Å². The number of hydrogen-bond acceptors (Lipinski definition) is 3. The molecular formula is C15H19N5O2. The van der Waals surface area contributed by atoms with Gasteiger partial charge in [-0.3, -0.25) is 18.3 Å². The van der Waals surface area contributed by atoms with E-state index in [4.69, 9.17) is 0 Å². The van der Waals surface area contributed by atoms with E-state index in [1.165, 1.54) is 9.13 Å². The molecule has 0 aliphatic carbocycles. The van der Waals surface area contributed by atoms with E-state index in [0.717, 1.165) is 17.0 Å². The Bertz CT molecular complexity index is 1060. The van der Waals surface area contributed by atoms with Gasteiger partial charge in [-0.05, 0) is 20.8 Å². The smallest absolute Gasteiger partial charge is 0.317 e. The highest BCUT2D eigenvalue weighted by molar-refractivity contribution is 5.76. The molecule has 0 spiro atoms. The molecule has 7 heteroatoms. The van der Waals surface area contributed by atoms with Crippen LogP contribution in [0.4, 0.5) is 0 Å². The third-order valence-electron chi connectivity index (χ3n) is 4.21. The van der Waals surface area contributed by atoms with E-state index in [0.29, 0.717) is 16.9 Å². The average molecular weight is 301 g/mol. The van der Waals surface area contributed by atoms with Gasteiger partial charge in [0.1, 0.15) is 0 Å². The Hall–Kier alpha value is -2.57. The summed E-state index contributed by atoms with van der Waals surface area (Å²) in [6.07, 6.45) is 0. The van der Waals surface area contributed by atoms with E-state index in [1.807, 2.05) is 29.9 Å². The molecule has 0 aliphatic heterocycles. The van der Waals surface area contributed by atoms with E-state index >= 15 is 0 Å². The summed E-state index contributed by atoms with van der Waals surface area (Å²) in [6, 6.07) is 0. The second-order valence-electron chi connectivity index (χ2n) is 5.84. The largest absolute Gasteiger partial charge is 0.332 e. The zero-order valence-electron chi connectivity index (χ0n) is 13.5. The van der Waals surface area contributed by atoms with E-state index < -0.39 is 0 Å². The number of rotatable bonds is 2. The maximum atomic E-state index is 12.8. The van der Waals surface area contributed by atoms with Crippen LogP contribution in [-0.4, -0.2) is 23.1 Å². The first kappa shape index (κ1) is 14.4. The van der Waals surface area contributed by atoms with Crippen molar-refractivity contribution in [1.82, 2.24) is 23.1 Å². The van der Waals surface area contributed by atoms with Crippen molar-refractivity contribution in [1.29, 1.82) is 0 Å². The van der Waals surface area contributed by atoms with Gasteiger partial charge in [0.25, 0.3) is 5.56 Å². The van der Waals surface area contributed by atoms with Gasteiger partial charge < -0.3 is 4.57 Å². The minimum Gasteiger partial charge on any atom is -0.317 e. The number of nitrogens with zero attached hydrogens (tertiary/aromatic N) is 5. The molecule has 3 aromatic heterocycles. The maximum Gasteiger partial charge on any atom is 0.332 e. The van der Waals surface area contributed by atoms with Crippen molar-refractivity contribution in [2.75, 3.05) is 0 Å². The normalized spacial score (nSPS) is 11.7. The van der Waals surface area contributed by atoms with E-state index in [9.17, 15) is 9.59 Å². The van der Waals surface area contributed by atoms with Crippen LogP contribution in [0.2, 0.25) is 0 Å². The van der Waals surface area contributed by atoms with Crippen molar-refractivity contribution in [3.05, 3.63) is 44.4 Å². The number of imidazole rings is 2. The topological polar surface area (TPSA) is 66.2 Å². The molecule has 3 heterocycles. The molecule has 0 saturated carbocycles. The number of aryl methyl sites for hydroxylation is 3. The quantitative estimate of drug-likeness (QED) is 0.660. The molecule has 0 aromatic carbocycles. The van der Waals surface area contributed by atoms with Crippen LogP contribution < -0.4 is 11.2 Å². The summed E-state index contributed by atoms with van der Waals surface area (Å²) < 4.78 is 6.37. The molecular weight excluding hydrogens is 282 g/mol. The highest BCUT2D eigenvalue weighted by Crippen LogP contribution is 2.19. The predicted molar refractivity (Wildman–Crippen MR) is 85.5 cm³/mol. The molecule has 0 atom stereocenters. The minimum absolute atomic E-state index is 0.208. The third-order valence-corrected chi connectivity index (χ3v) is 4.21. The van der Waals surface area contributed by atoms with Gasteiger partial charge in [-0.25, -0.2) is 4.79 Å². The van der Waals surface area contributed by atoms with Crippen molar-refractivity contribution >= 4 is 16.9 Å². The Morgan fingerprint density at radius 3 is 2.36 bits per heavy atom.